The van der Waals surface area contributed by atoms with E-state index in [0.717, 1.165) is 5.56 Å². The topological polar surface area (TPSA) is 46.3 Å². The molecule has 0 bridgehead atoms. The van der Waals surface area contributed by atoms with E-state index in [1.54, 1.807) is 25.2 Å². The number of para-hydroxylation sites is 1. The van der Waals surface area contributed by atoms with Crippen molar-refractivity contribution in [2.24, 2.45) is 0 Å². The quantitative estimate of drug-likeness (QED) is 0.880. The smallest absolute Gasteiger partial charge is 0.255 e. The first-order valence-corrected chi connectivity index (χ1v) is 6.83. The lowest BCUT2D eigenvalue weighted by molar-refractivity contribution is 0.0785. The van der Waals surface area contributed by atoms with Gasteiger partial charge in [-0.25, -0.2) is 4.39 Å². The van der Waals surface area contributed by atoms with Crippen LogP contribution >= 0.6 is 11.6 Å². The van der Waals surface area contributed by atoms with E-state index in [-0.39, 0.29) is 12.5 Å². The maximum Gasteiger partial charge on any atom is 0.255 e. The standard InChI is InChI=1S/C16H16ClFN2O/c1-10-5-3-6-11(15(10)19)16(21)20(2)9-12-13(17)7-4-8-14(12)18/h3-8H,9,19H2,1-2H3. The maximum atomic E-state index is 13.8. The number of nitrogen functional groups attached to an aromatic ring is 1. The van der Waals surface area contributed by atoms with Gasteiger partial charge in [0.05, 0.1) is 5.56 Å². The fraction of sp³-hybridized carbons (Fsp3) is 0.188. The second kappa shape index (κ2) is 6.14. The highest BCUT2D eigenvalue weighted by atomic mass is 35.5. The molecule has 0 spiro atoms. The van der Waals surface area contributed by atoms with Crippen LogP contribution in [0.5, 0.6) is 0 Å². The second-order valence-electron chi connectivity index (χ2n) is 4.90. The molecular weight excluding hydrogens is 291 g/mol. The number of hydrogen-bond acceptors (Lipinski definition) is 2. The Balaban J connectivity index is 2.26. The average molecular weight is 307 g/mol. The molecule has 1 amide bonds. The van der Waals surface area contributed by atoms with Gasteiger partial charge in [0.2, 0.25) is 0 Å². The summed E-state index contributed by atoms with van der Waals surface area (Å²) in [6.45, 7) is 1.91. The molecule has 0 fully saturated rings. The summed E-state index contributed by atoms with van der Waals surface area (Å²) in [5.41, 5.74) is 7.90. The number of nitrogens with zero attached hydrogens (tertiary/aromatic N) is 1. The predicted octanol–water partition coefficient (Wildman–Crippen LogP) is 3.64. The Bertz CT molecular complexity index is 668. The van der Waals surface area contributed by atoms with Crippen LogP contribution in [-0.2, 0) is 6.54 Å². The van der Waals surface area contributed by atoms with Gasteiger partial charge in [0, 0.05) is 29.9 Å². The first kappa shape index (κ1) is 15.3. The van der Waals surface area contributed by atoms with Crippen LogP contribution < -0.4 is 5.73 Å². The van der Waals surface area contributed by atoms with Gasteiger partial charge in [-0.2, -0.15) is 0 Å². The van der Waals surface area contributed by atoms with Crippen molar-refractivity contribution in [3.63, 3.8) is 0 Å². The molecule has 0 saturated heterocycles. The number of amides is 1. The molecule has 110 valence electrons. The molecule has 2 rings (SSSR count). The first-order valence-electron chi connectivity index (χ1n) is 6.45. The van der Waals surface area contributed by atoms with Crippen LogP contribution in [0.15, 0.2) is 36.4 Å². The number of anilines is 1. The SMILES string of the molecule is Cc1cccc(C(=O)N(C)Cc2c(F)cccc2Cl)c1N. The largest absolute Gasteiger partial charge is 0.398 e. The minimum atomic E-state index is -0.431. The molecule has 0 radical (unpaired) electrons. The van der Waals surface area contributed by atoms with Crippen molar-refractivity contribution in [3.05, 3.63) is 63.9 Å². The van der Waals surface area contributed by atoms with Crippen molar-refractivity contribution in [2.75, 3.05) is 12.8 Å². The molecule has 0 aromatic heterocycles. The molecule has 2 aromatic carbocycles. The van der Waals surface area contributed by atoms with E-state index in [9.17, 15) is 9.18 Å². The Hall–Kier alpha value is -2.07. The van der Waals surface area contributed by atoms with Gasteiger partial charge in [-0.1, -0.05) is 29.8 Å². The van der Waals surface area contributed by atoms with Crippen LogP contribution in [0.3, 0.4) is 0 Å². The van der Waals surface area contributed by atoms with Crippen LogP contribution in [0.4, 0.5) is 10.1 Å². The minimum absolute atomic E-state index is 0.0811. The van der Waals surface area contributed by atoms with Crippen molar-refractivity contribution in [3.8, 4) is 0 Å². The minimum Gasteiger partial charge on any atom is -0.398 e. The van der Waals surface area contributed by atoms with E-state index in [4.69, 9.17) is 17.3 Å². The highest BCUT2D eigenvalue weighted by Crippen LogP contribution is 2.23. The van der Waals surface area contributed by atoms with Gasteiger partial charge in [0.25, 0.3) is 5.91 Å². The number of carbonyl (C=O) groups excluding carboxylic acids is 1. The zero-order valence-electron chi connectivity index (χ0n) is 11.9. The Kier molecular flexibility index (Phi) is 4.48. The van der Waals surface area contributed by atoms with Crippen molar-refractivity contribution in [1.82, 2.24) is 4.90 Å². The molecule has 0 aliphatic heterocycles. The molecule has 0 aliphatic carbocycles. The van der Waals surface area contributed by atoms with Gasteiger partial charge in [-0.05, 0) is 30.7 Å². The molecule has 0 saturated carbocycles. The van der Waals surface area contributed by atoms with Crippen molar-refractivity contribution >= 4 is 23.2 Å². The average Bonchev–Trinajstić information content (AvgIpc) is 2.45. The summed E-state index contributed by atoms with van der Waals surface area (Å²) < 4.78 is 13.8. The summed E-state index contributed by atoms with van der Waals surface area (Å²) in [5, 5.41) is 0.298. The molecule has 0 aliphatic rings. The Morgan fingerprint density at radius 1 is 1.29 bits per heavy atom. The summed E-state index contributed by atoms with van der Waals surface area (Å²) >= 11 is 5.98. The summed E-state index contributed by atoms with van der Waals surface area (Å²) in [6.07, 6.45) is 0. The Labute approximate surface area is 128 Å². The Morgan fingerprint density at radius 3 is 2.62 bits per heavy atom. The third-order valence-electron chi connectivity index (χ3n) is 3.36. The molecule has 0 unspecified atom stereocenters. The predicted molar refractivity (Wildman–Crippen MR) is 82.8 cm³/mol. The highest BCUT2D eigenvalue weighted by molar-refractivity contribution is 6.31. The van der Waals surface area contributed by atoms with E-state index in [2.05, 4.69) is 0 Å². The van der Waals surface area contributed by atoms with E-state index in [1.807, 2.05) is 13.0 Å². The normalized spacial score (nSPS) is 10.5. The Morgan fingerprint density at radius 2 is 1.95 bits per heavy atom. The van der Waals surface area contributed by atoms with Gasteiger partial charge in [-0.3, -0.25) is 4.79 Å². The van der Waals surface area contributed by atoms with Crippen LogP contribution in [0, 0.1) is 12.7 Å². The molecule has 3 nitrogen and oxygen atoms in total. The van der Waals surface area contributed by atoms with E-state index in [0.29, 0.717) is 21.8 Å². The van der Waals surface area contributed by atoms with Gasteiger partial charge in [0.1, 0.15) is 5.82 Å². The molecule has 2 N–H and O–H groups in total. The number of carbonyl (C=O) groups is 1. The van der Waals surface area contributed by atoms with E-state index < -0.39 is 5.82 Å². The van der Waals surface area contributed by atoms with E-state index >= 15 is 0 Å². The zero-order valence-corrected chi connectivity index (χ0v) is 12.6. The molecule has 0 atom stereocenters. The summed E-state index contributed by atoms with van der Waals surface area (Å²) in [5.74, 6) is -0.699. The van der Waals surface area contributed by atoms with Crippen molar-refractivity contribution < 1.29 is 9.18 Å². The van der Waals surface area contributed by atoms with Crippen molar-refractivity contribution in [1.29, 1.82) is 0 Å². The third-order valence-corrected chi connectivity index (χ3v) is 3.71. The van der Waals surface area contributed by atoms with Gasteiger partial charge < -0.3 is 10.6 Å². The lowest BCUT2D eigenvalue weighted by Gasteiger charge is -2.20. The van der Waals surface area contributed by atoms with Crippen LogP contribution in [0.2, 0.25) is 5.02 Å². The lowest BCUT2D eigenvalue weighted by Crippen LogP contribution is -2.27. The van der Waals surface area contributed by atoms with E-state index in [1.165, 1.54) is 17.0 Å². The number of aryl methyl sites for hydroxylation is 1. The molecule has 2 aromatic rings. The molecular formula is C16H16ClFN2O. The number of benzene rings is 2. The van der Waals surface area contributed by atoms with Crippen LogP contribution in [0.1, 0.15) is 21.5 Å². The monoisotopic (exact) mass is 306 g/mol. The van der Waals surface area contributed by atoms with Gasteiger partial charge in [0.15, 0.2) is 0 Å². The van der Waals surface area contributed by atoms with Crippen LogP contribution in [0.25, 0.3) is 0 Å². The highest BCUT2D eigenvalue weighted by Gasteiger charge is 2.18. The summed E-state index contributed by atoms with van der Waals surface area (Å²) in [7, 11) is 1.59. The maximum absolute atomic E-state index is 13.8. The van der Waals surface area contributed by atoms with Gasteiger partial charge >= 0.3 is 0 Å². The zero-order chi connectivity index (χ0) is 15.6. The number of hydrogen-bond donors (Lipinski definition) is 1. The fourth-order valence-corrected chi connectivity index (χ4v) is 2.29. The lowest BCUT2D eigenvalue weighted by atomic mass is 10.1. The molecule has 5 heteroatoms. The fourth-order valence-electron chi connectivity index (χ4n) is 2.07. The summed E-state index contributed by atoms with van der Waals surface area (Å²) in [6, 6.07) is 9.70. The number of rotatable bonds is 3. The molecule has 0 heterocycles. The van der Waals surface area contributed by atoms with Crippen molar-refractivity contribution in [2.45, 2.75) is 13.5 Å². The second-order valence-corrected chi connectivity index (χ2v) is 5.30. The third kappa shape index (κ3) is 3.16. The number of nitrogens with two attached hydrogens (primary N) is 1. The first-order chi connectivity index (χ1) is 9.91. The molecule has 21 heavy (non-hydrogen) atoms. The van der Waals surface area contributed by atoms with Gasteiger partial charge in [-0.15, -0.1) is 0 Å². The number of halogens is 2. The van der Waals surface area contributed by atoms with Crippen LogP contribution in [-0.4, -0.2) is 17.9 Å². The summed E-state index contributed by atoms with van der Waals surface area (Å²) in [4.78, 5) is 13.8.